The minimum absolute atomic E-state index is 0. The van der Waals surface area contributed by atoms with Gasteiger partial charge in [0.15, 0.2) is 0 Å². The molecule has 0 bridgehead atoms. The first kappa shape index (κ1) is 20.7. The summed E-state index contributed by atoms with van der Waals surface area (Å²) in [5.74, 6) is -3.09. The van der Waals surface area contributed by atoms with E-state index in [0.29, 0.717) is 12.2 Å². The number of carboxylic acids is 2. The van der Waals surface area contributed by atoms with Gasteiger partial charge >= 0.3 is 51.4 Å². The van der Waals surface area contributed by atoms with E-state index in [4.69, 9.17) is 0 Å². The third-order valence-corrected chi connectivity index (χ3v) is 1.30. The Morgan fingerprint density at radius 2 is 1.27 bits per heavy atom. The molecule has 0 aromatic heterocycles. The van der Waals surface area contributed by atoms with Gasteiger partial charge in [0.05, 0.1) is 39.6 Å². The summed E-state index contributed by atoms with van der Waals surface area (Å²) in [4.78, 5) is 18.8. The Balaban J connectivity index is -0.000000187. The first-order chi connectivity index (χ1) is 6.19. The van der Waals surface area contributed by atoms with Gasteiger partial charge in [0.2, 0.25) is 0 Å². The van der Waals surface area contributed by atoms with Gasteiger partial charge in [0.25, 0.3) is 0 Å². The van der Waals surface area contributed by atoms with Crippen LogP contribution in [0.4, 0.5) is 0 Å². The molecule has 0 saturated heterocycles. The number of rotatable bonds is 3. The van der Waals surface area contributed by atoms with Crippen molar-refractivity contribution in [3.8, 4) is 0 Å². The maximum Gasteiger partial charge on any atom is 1.00 e. The number of aliphatic carboxylic acids is 2. The summed E-state index contributed by atoms with van der Waals surface area (Å²) < 4.78 is 1.07. The molecule has 0 heterocycles. The molecule has 0 atom stereocenters. The summed E-state index contributed by atoms with van der Waals surface area (Å²) in [6.07, 6.45) is 0.769. The van der Waals surface area contributed by atoms with E-state index >= 15 is 0 Å². The predicted molar refractivity (Wildman–Crippen MR) is 47.7 cm³/mol. The van der Waals surface area contributed by atoms with Crippen molar-refractivity contribution in [1.29, 1.82) is 0 Å². The van der Waals surface area contributed by atoms with E-state index in [9.17, 15) is 19.8 Å². The second-order valence-electron chi connectivity index (χ2n) is 3.58. The molecule has 0 unspecified atom stereocenters. The molecule has 0 rings (SSSR count). The van der Waals surface area contributed by atoms with Crippen LogP contribution in [0.1, 0.15) is 6.92 Å². The molecule has 0 aromatic rings. The quantitative estimate of drug-likeness (QED) is 0.281. The van der Waals surface area contributed by atoms with Gasteiger partial charge in [-0.1, -0.05) is 0 Å². The van der Waals surface area contributed by atoms with E-state index in [0.717, 1.165) is 4.48 Å². The molecule has 0 aliphatic rings. The normalized spacial score (nSPS) is 9.87. The van der Waals surface area contributed by atoms with E-state index in [-0.39, 0.29) is 51.4 Å². The summed E-state index contributed by atoms with van der Waals surface area (Å²) in [7, 11) is 6.54. The number of nitrogens with zero attached hydrogens (tertiary/aromatic N) is 1. The van der Waals surface area contributed by atoms with Crippen LogP contribution in [0, 0.1) is 0 Å². The van der Waals surface area contributed by atoms with E-state index in [1.54, 1.807) is 0 Å². The van der Waals surface area contributed by atoms with E-state index in [2.05, 4.69) is 28.1 Å². The summed E-state index contributed by atoms with van der Waals surface area (Å²) in [6.45, 7) is 3.39. The maximum absolute atomic E-state index is 9.41. The van der Waals surface area contributed by atoms with Crippen LogP contribution < -0.4 is 61.6 Å². The number of hydrogen-bond donors (Lipinski definition) is 0. The van der Waals surface area contributed by atoms with E-state index in [1.165, 1.54) is 6.54 Å². The topological polar surface area (TPSA) is 80.3 Å². The second kappa shape index (κ2) is 10.8. The Morgan fingerprint density at radius 1 is 1.07 bits per heavy atom. The molecule has 82 valence electrons. The number of carbonyl (C=O) groups is 2. The molecule has 0 aliphatic heterocycles. The van der Waals surface area contributed by atoms with Gasteiger partial charge in [-0.05, 0) is 19.1 Å². The van der Waals surface area contributed by atoms with Crippen LogP contribution in [0.2, 0.25) is 0 Å². The van der Waals surface area contributed by atoms with Crippen molar-refractivity contribution >= 4 is 11.9 Å². The van der Waals surface area contributed by atoms with Gasteiger partial charge < -0.3 is 24.3 Å². The largest absolute Gasteiger partial charge is 1.00 e. The molecule has 0 N–H and O–H groups in total. The standard InChI is InChI=1S/C5H14N.C4H4O4.K/c1-5-6(2,3)4;5-3(6)1-2-4(7)8;/h5H2,1-4H3;1-2H,(H,5,6)(H,7,8);/q+1;;+1/p-2/b;2-1+;. The molecule has 0 amide bonds. The zero-order chi connectivity index (χ0) is 11.8. The molecule has 6 heteroatoms. The van der Waals surface area contributed by atoms with Crippen LogP contribution >= 0.6 is 0 Å². The molecule has 0 spiro atoms. The summed E-state index contributed by atoms with van der Waals surface area (Å²) in [5.41, 5.74) is 0. The molecule has 5 nitrogen and oxygen atoms in total. The zero-order valence-electron chi connectivity index (χ0n) is 9.94. The van der Waals surface area contributed by atoms with Crippen molar-refractivity contribution in [1.82, 2.24) is 0 Å². The monoisotopic (exact) mass is 241 g/mol. The third-order valence-electron chi connectivity index (χ3n) is 1.30. The van der Waals surface area contributed by atoms with Crippen LogP contribution in [0.15, 0.2) is 12.2 Å². The van der Waals surface area contributed by atoms with Crippen LogP contribution in [0.3, 0.4) is 0 Å². The van der Waals surface area contributed by atoms with Crippen molar-refractivity contribution in [3.05, 3.63) is 12.2 Å². The number of carboxylic acid groups (broad SMARTS) is 2. The molecule has 0 aliphatic carbocycles. The summed E-state index contributed by atoms with van der Waals surface area (Å²) >= 11 is 0. The third kappa shape index (κ3) is 31.4. The Labute approximate surface area is 133 Å². The van der Waals surface area contributed by atoms with Crippen LogP contribution in [0.5, 0.6) is 0 Å². The molecular weight excluding hydrogens is 225 g/mol. The van der Waals surface area contributed by atoms with Crippen molar-refractivity contribution < 1.29 is 75.7 Å². The summed E-state index contributed by atoms with van der Waals surface area (Å²) in [6, 6.07) is 0. The van der Waals surface area contributed by atoms with Crippen LogP contribution in [0.25, 0.3) is 0 Å². The average Bonchev–Trinajstić information content (AvgIpc) is 2.01. The smallest absolute Gasteiger partial charge is 0.545 e. The van der Waals surface area contributed by atoms with Gasteiger partial charge in [0, 0.05) is 0 Å². The van der Waals surface area contributed by atoms with Crippen LogP contribution in [-0.2, 0) is 9.59 Å². The Hall–Kier alpha value is 0.276. The minimum atomic E-state index is -1.55. The molecule has 0 aromatic carbocycles. The fourth-order valence-corrected chi connectivity index (χ4v) is 0.136. The molecule has 0 radical (unpaired) electrons. The van der Waals surface area contributed by atoms with Crippen molar-refractivity contribution in [2.75, 3.05) is 27.7 Å². The Morgan fingerprint density at radius 3 is 1.33 bits per heavy atom. The maximum atomic E-state index is 9.41. The van der Waals surface area contributed by atoms with Gasteiger partial charge in [-0.25, -0.2) is 0 Å². The molecule has 0 saturated carbocycles. The van der Waals surface area contributed by atoms with E-state index in [1.807, 2.05) is 0 Å². The Kier molecular flexibility index (Phi) is 14.9. The summed E-state index contributed by atoms with van der Waals surface area (Å²) in [5, 5.41) is 18.8. The number of quaternary nitrogens is 1. The average molecular weight is 241 g/mol. The van der Waals surface area contributed by atoms with Gasteiger partial charge in [0.1, 0.15) is 0 Å². The van der Waals surface area contributed by atoms with Crippen molar-refractivity contribution in [2.24, 2.45) is 0 Å². The fourth-order valence-electron chi connectivity index (χ4n) is 0.136. The van der Waals surface area contributed by atoms with Gasteiger partial charge in [-0.3, -0.25) is 0 Å². The fraction of sp³-hybridized carbons (Fsp3) is 0.556. The van der Waals surface area contributed by atoms with Gasteiger partial charge in [-0.15, -0.1) is 0 Å². The van der Waals surface area contributed by atoms with Crippen molar-refractivity contribution in [3.63, 3.8) is 0 Å². The molecule has 15 heavy (non-hydrogen) atoms. The molecule has 0 fully saturated rings. The number of carbonyl (C=O) groups excluding carboxylic acids is 2. The minimum Gasteiger partial charge on any atom is -0.545 e. The first-order valence-electron chi connectivity index (χ1n) is 4.09. The SMILES string of the molecule is CC[N+](C)(C)C.O=C([O-])/C=C/C(=O)[O-].[K+]. The van der Waals surface area contributed by atoms with Crippen molar-refractivity contribution in [2.45, 2.75) is 6.92 Å². The second-order valence-corrected chi connectivity index (χ2v) is 3.58. The molecular formula is C9H16KNO4. The predicted octanol–water partition coefficient (Wildman–Crippen LogP) is -5.24. The number of hydrogen-bond acceptors (Lipinski definition) is 4. The Bertz CT molecular complexity index is 205. The van der Waals surface area contributed by atoms with Gasteiger partial charge in [-0.2, -0.15) is 0 Å². The van der Waals surface area contributed by atoms with Crippen LogP contribution in [-0.4, -0.2) is 44.1 Å². The first-order valence-corrected chi connectivity index (χ1v) is 4.09. The van der Waals surface area contributed by atoms with E-state index < -0.39 is 11.9 Å². The zero-order valence-corrected chi connectivity index (χ0v) is 13.1.